The summed E-state index contributed by atoms with van der Waals surface area (Å²) in [4.78, 5) is 0. The van der Waals surface area contributed by atoms with Crippen molar-refractivity contribution >= 4 is 0 Å². The highest BCUT2D eigenvalue weighted by Gasteiger charge is 2.22. The largest absolute Gasteiger partial charge is 0.115 e. The molecule has 0 unspecified atom stereocenters. The van der Waals surface area contributed by atoms with Gasteiger partial charge >= 0.3 is 0 Å². The summed E-state index contributed by atoms with van der Waals surface area (Å²) >= 11 is 0. The van der Waals surface area contributed by atoms with Gasteiger partial charge in [-0.3, -0.25) is 0 Å². The minimum absolute atomic E-state index is 0.227. The summed E-state index contributed by atoms with van der Waals surface area (Å²) in [6.07, 6.45) is 11.6. The van der Waals surface area contributed by atoms with Crippen molar-refractivity contribution in [2.45, 2.75) is 65.2 Å². The number of rotatable bonds is 6. The fraction of sp³-hybridized carbons (Fsp3) is 0.556. The molecule has 0 bridgehead atoms. The molecule has 0 N–H and O–H groups in total. The minimum Gasteiger partial charge on any atom is -0.115 e. The SMILES string of the molecule is C#Cc1ccc(CCCC)c(C(C)(C)CCC)c1. The maximum atomic E-state index is 5.54. The third kappa shape index (κ3) is 3.64. The van der Waals surface area contributed by atoms with Crippen molar-refractivity contribution in [3.8, 4) is 12.3 Å². The van der Waals surface area contributed by atoms with Crippen LogP contribution < -0.4 is 0 Å². The molecule has 0 spiro atoms. The Labute approximate surface area is 113 Å². The third-order valence-electron chi connectivity index (χ3n) is 3.68. The van der Waals surface area contributed by atoms with Gasteiger partial charge < -0.3 is 0 Å². The van der Waals surface area contributed by atoms with E-state index in [1.165, 1.54) is 43.2 Å². The Balaban J connectivity index is 3.15. The predicted octanol–water partition coefficient (Wildman–Crippen LogP) is 5.09. The number of hydrogen-bond donors (Lipinski definition) is 0. The van der Waals surface area contributed by atoms with E-state index in [0.717, 1.165) is 5.56 Å². The molecule has 0 saturated heterocycles. The predicted molar refractivity (Wildman–Crippen MR) is 80.9 cm³/mol. The Morgan fingerprint density at radius 2 is 1.89 bits per heavy atom. The van der Waals surface area contributed by atoms with E-state index in [1.54, 1.807) is 0 Å². The fourth-order valence-corrected chi connectivity index (χ4v) is 2.64. The standard InChI is InChI=1S/C18H26/c1-6-9-10-16-12-11-15(8-3)14-17(16)18(4,5)13-7-2/h3,11-12,14H,6-7,9-10,13H2,1-2,4-5H3. The molecule has 0 heteroatoms. The van der Waals surface area contributed by atoms with E-state index in [4.69, 9.17) is 6.42 Å². The molecular formula is C18H26. The molecule has 0 aromatic heterocycles. The van der Waals surface area contributed by atoms with Crippen LogP contribution in [-0.4, -0.2) is 0 Å². The van der Waals surface area contributed by atoms with Gasteiger partial charge in [-0.2, -0.15) is 0 Å². The quantitative estimate of drug-likeness (QED) is 0.610. The zero-order chi connectivity index (χ0) is 13.6. The molecule has 0 saturated carbocycles. The first-order valence-electron chi connectivity index (χ1n) is 7.15. The lowest BCUT2D eigenvalue weighted by atomic mass is 9.77. The van der Waals surface area contributed by atoms with Crippen LogP contribution in [0.25, 0.3) is 0 Å². The van der Waals surface area contributed by atoms with Crippen molar-refractivity contribution in [3.63, 3.8) is 0 Å². The molecule has 0 heterocycles. The van der Waals surface area contributed by atoms with E-state index < -0.39 is 0 Å². The average Bonchev–Trinajstić information content (AvgIpc) is 2.36. The van der Waals surface area contributed by atoms with Crippen molar-refractivity contribution in [2.75, 3.05) is 0 Å². The highest BCUT2D eigenvalue weighted by molar-refractivity contribution is 5.43. The number of hydrogen-bond acceptors (Lipinski definition) is 0. The van der Waals surface area contributed by atoms with Crippen LogP contribution in [0, 0.1) is 12.3 Å². The Bertz CT molecular complexity index is 418. The lowest BCUT2D eigenvalue weighted by molar-refractivity contribution is 0.468. The molecule has 0 amide bonds. The van der Waals surface area contributed by atoms with Crippen LogP contribution in [-0.2, 0) is 11.8 Å². The Morgan fingerprint density at radius 3 is 2.44 bits per heavy atom. The second-order valence-corrected chi connectivity index (χ2v) is 5.75. The van der Waals surface area contributed by atoms with E-state index in [2.05, 4.69) is 51.8 Å². The van der Waals surface area contributed by atoms with Crippen LogP contribution >= 0.6 is 0 Å². The van der Waals surface area contributed by atoms with Crippen LogP contribution in [0.5, 0.6) is 0 Å². The van der Waals surface area contributed by atoms with E-state index in [0.29, 0.717) is 0 Å². The third-order valence-corrected chi connectivity index (χ3v) is 3.68. The maximum Gasteiger partial charge on any atom is 0.0245 e. The van der Waals surface area contributed by atoms with Gasteiger partial charge in [0.25, 0.3) is 0 Å². The summed E-state index contributed by atoms with van der Waals surface area (Å²) in [7, 11) is 0. The zero-order valence-corrected chi connectivity index (χ0v) is 12.3. The van der Waals surface area contributed by atoms with Crippen molar-refractivity contribution in [2.24, 2.45) is 0 Å². The Hall–Kier alpha value is -1.22. The summed E-state index contributed by atoms with van der Waals surface area (Å²) in [5, 5.41) is 0. The van der Waals surface area contributed by atoms with Crippen molar-refractivity contribution in [1.29, 1.82) is 0 Å². The van der Waals surface area contributed by atoms with Crippen LogP contribution in [0.15, 0.2) is 18.2 Å². The van der Waals surface area contributed by atoms with E-state index in [9.17, 15) is 0 Å². The minimum atomic E-state index is 0.227. The first kappa shape index (κ1) is 14.8. The maximum absolute atomic E-state index is 5.54. The smallest absolute Gasteiger partial charge is 0.0245 e. The Kier molecular flexibility index (Phi) is 5.48. The molecule has 0 aliphatic rings. The van der Waals surface area contributed by atoms with Crippen LogP contribution in [0.2, 0.25) is 0 Å². The Morgan fingerprint density at radius 1 is 1.17 bits per heavy atom. The number of unbranched alkanes of at least 4 members (excludes halogenated alkanes) is 1. The normalized spacial score (nSPS) is 11.3. The first-order valence-corrected chi connectivity index (χ1v) is 7.15. The highest BCUT2D eigenvalue weighted by Crippen LogP contribution is 2.32. The summed E-state index contributed by atoms with van der Waals surface area (Å²) in [5.41, 5.74) is 4.17. The molecule has 18 heavy (non-hydrogen) atoms. The first-order chi connectivity index (χ1) is 8.55. The molecule has 0 fully saturated rings. The molecule has 0 nitrogen and oxygen atoms in total. The van der Waals surface area contributed by atoms with Crippen molar-refractivity contribution in [3.05, 3.63) is 34.9 Å². The lowest BCUT2D eigenvalue weighted by Crippen LogP contribution is -2.19. The van der Waals surface area contributed by atoms with Gasteiger partial charge in [0, 0.05) is 5.56 Å². The lowest BCUT2D eigenvalue weighted by Gasteiger charge is -2.28. The van der Waals surface area contributed by atoms with E-state index >= 15 is 0 Å². The van der Waals surface area contributed by atoms with Gasteiger partial charge in [-0.15, -0.1) is 6.42 Å². The molecule has 1 aromatic rings. The summed E-state index contributed by atoms with van der Waals surface area (Å²) in [5.74, 6) is 2.76. The van der Waals surface area contributed by atoms with Crippen LogP contribution in [0.4, 0.5) is 0 Å². The van der Waals surface area contributed by atoms with Gasteiger partial charge in [-0.05, 0) is 47.9 Å². The van der Waals surface area contributed by atoms with Gasteiger partial charge in [0.15, 0.2) is 0 Å². The van der Waals surface area contributed by atoms with Gasteiger partial charge in [0.05, 0.1) is 0 Å². The van der Waals surface area contributed by atoms with Gasteiger partial charge in [-0.25, -0.2) is 0 Å². The molecule has 0 radical (unpaired) electrons. The van der Waals surface area contributed by atoms with Crippen molar-refractivity contribution < 1.29 is 0 Å². The topological polar surface area (TPSA) is 0 Å². The fourth-order valence-electron chi connectivity index (χ4n) is 2.64. The monoisotopic (exact) mass is 242 g/mol. The van der Waals surface area contributed by atoms with Gasteiger partial charge in [0.2, 0.25) is 0 Å². The average molecular weight is 242 g/mol. The van der Waals surface area contributed by atoms with Crippen molar-refractivity contribution in [1.82, 2.24) is 0 Å². The molecule has 98 valence electrons. The summed E-state index contributed by atoms with van der Waals surface area (Å²) < 4.78 is 0. The molecule has 0 aliphatic carbocycles. The van der Waals surface area contributed by atoms with E-state index in [-0.39, 0.29) is 5.41 Å². The zero-order valence-electron chi connectivity index (χ0n) is 12.3. The molecule has 0 atom stereocenters. The second-order valence-electron chi connectivity index (χ2n) is 5.75. The van der Waals surface area contributed by atoms with Crippen LogP contribution in [0.1, 0.15) is 70.1 Å². The highest BCUT2D eigenvalue weighted by atomic mass is 14.3. The summed E-state index contributed by atoms with van der Waals surface area (Å²) in [6, 6.07) is 6.54. The number of benzene rings is 1. The van der Waals surface area contributed by atoms with E-state index in [1.807, 2.05) is 0 Å². The molecule has 1 rings (SSSR count). The molecule has 0 aliphatic heterocycles. The van der Waals surface area contributed by atoms with Gasteiger partial charge in [-0.1, -0.05) is 52.5 Å². The van der Waals surface area contributed by atoms with Crippen LogP contribution in [0.3, 0.4) is 0 Å². The number of terminal acetylenes is 1. The van der Waals surface area contributed by atoms with Gasteiger partial charge in [0.1, 0.15) is 0 Å². The molecular weight excluding hydrogens is 216 g/mol. The second kappa shape index (κ2) is 6.64. The molecule has 1 aromatic carbocycles. The summed E-state index contributed by atoms with van der Waals surface area (Å²) in [6.45, 7) is 9.16. The number of aryl methyl sites for hydroxylation is 1.